The number of amides is 1. The molecule has 0 unspecified atom stereocenters. The van der Waals surface area contributed by atoms with Crippen LogP contribution < -0.4 is 10.1 Å². The van der Waals surface area contributed by atoms with Gasteiger partial charge in [0.25, 0.3) is 0 Å². The lowest BCUT2D eigenvalue weighted by Crippen LogP contribution is -2.21. The van der Waals surface area contributed by atoms with Gasteiger partial charge in [0.1, 0.15) is 12.4 Å². The molecule has 0 bridgehead atoms. The van der Waals surface area contributed by atoms with Crippen molar-refractivity contribution in [3.05, 3.63) is 61.2 Å². The molecule has 0 aliphatic carbocycles. The van der Waals surface area contributed by atoms with E-state index in [2.05, 4.69) is 27.9 Å². The zero-order valence-electron chi connectivity index (χ0n) is 13.4. The molecule has 5 heteroatoms. The van der Waals surface area contributed by atoms with E-state index in [1.807, 2.05) is 44.2 Å². The largest absolute Gasteiger partial charge is 0.487 e. The highest BCUT2D eigenvalue weighted by atomic mass is 127. The first-order valence-electron chi connectivity index (χ1n) is 7.28. The van der Waals surface area contributed by atoms with Gasteiger partial charge in [0.2, 0.25) is 5.91 Å². The van der Waals surface area contributed by atoms with Crippen molar-refractivity contribution in [1.29, 1.82) is 0 Å². The van der Waals surface area contributed by atoms with Crippen LogP contribution >= 0.6 is 34.2 Å². The SMILES string of the molecule is CNC(=O)Cc1cccc(I)c1COc1cc(C)c(C)cc1Cl. The van der Waals surface area contributed by atoms with Crippen LogP contribution in [0.2, 0.25) is 5.02 Å². The number of nitrogens with one attached hydrogen (secondary N) is 1. The van der Waals surface area contributed by atoms with Gasteiger partial charge >= 0.3 is 0 Å². The zero-order valence-corrected chi connectivity index (χ0v) is 16.3. The van der Waals surface area contributed by atoms with Gasteiger partial charge < -0.3 is 10.1 Å². The summed E-state index contributed by atoms with van der Waals surface area (Å²) in [5.41, 5.74) is 4.26. The minimum absolute atomic E-state index is 0.0162. The molecular weight excluding hydrogens is 425 g/mol. The second-order valence-electron chi connectivity index (χ2n) is 5.38. The number of benzene rings is 2. The van der Waals surface area contributed by atoms with Crippen LogP contribution in [0.3, 0.4) is 0 Å². The van der Waals surface area contributed by atoms with E-state index >= 15 is 0 Å². The molecule has 0 heterocycles. The molecule has 0 saturated carbocycles. The van der Waals surface area contributed by atoms with E-state index in [9.17, 15) is 4.79 Å². The summed E-state index contributed by atoms with van der Waals surface area (Å²) in [6.07, 6.45) is 0.340. The number of hydrogen-bond donors (Lipinski definition) is 1. The van der Waals surface area contributed by atoms with E-state index in [1.54, 1.807) is 7.05 Å². The molecule has 0 fully saturated rings. The smallest absolute Gasteiger partial charge is 0.224 e. The van der Waals surface area contributed by atoms with Crippen molar-refractivity contribution in [2.45, 2.75) is 26.9 Å². The Hall–Kier alpha value is -1.27. The lowest BCUT2D eigenvalue weighted by atomic mass is 10.0. The molecule has 122 valence electrons. The minimum Gasteiger partial charge on any atom is -0.487 e. The fourth-order valence-electron chi connectivity index (χ4n) is 2.21. The fraction of sp³-hybridized carbons (Fsp3) is 0.278. The standard InChI is InChI=1S/C18H19ClINO2/c1-11-7-15(19)17(8-12(11)2)23-10-14-13(9-18(22)21-3)5-4-6-16(14)20/h4-8H,9-10H2,1-3H3,(H,21,22). The first-order chi connectivity index (χ1) is 10.9. The fourth-order valence-corrected chi connectivity index (χ4v) is 3.19. The number of halogens is 2. The maximum atomic E-state index is 11.7. The van der Waals surface area contributed by atoms with E-state index < -0.39 is 0 Å². The van der Waals surface area contributed by atoms with Gasteiger partial charge in [-0.25, -0.2) is 0 Å². The van der Waals surface area contributed by atoms with E-state index in [1.165, 1.54) is 0 Å². The third kappa shape index (κ3) is 4.61. The number of hydrogen-bond acceptors (Lipinski definition) is 2. The van der Waals surface area contributed by atoms with Crippen LogP contribution in [0, 0.1) is 17.4 Å². The Bertz CT molecular complexity index is 731. The second-order valence-corrected chi connectivity index (χ2v) is 6.95. The Labute approximate surface area is 155 Å². The molecule has 0 spiro atoms. The number of rotatable bonds is 5. The number of ether oxygens (including phenoxy) is 1. The molecule has 0 aliphatic rings. The summed E-state index contributed by atoms with van der Waals surface area (Å²) in [5.74, 6) is 0.651. The van der Waals surface area contributed by atoms with Crippen molar-refractivity contribution < 1.29 is 9.53 Å². The average Bonchev–Trinajstić information content (AvgIpc) is 2.51. The molecule has 2 aromatic rings. The summed E-state index contributed by atoms with van der Waals surface area (Å²) in [7, 11) is 1.64. The van der Waals surface area contributed by atoms with Gasteiger partial charge in [-0.3, -0.25) is 4.79 Å². The first-order valence-corrected chi connectivity index (χ1v) is 8.74. The van der Waals surface area contributed by atoms with Crippen LogP contribution in [-0.4, -0.2) is 13.0 Å². The van der Waals surface area contributed by atoms with Crippen LogP contribution in [0.25, 0.3) is 0 Å². The normalized spacial score (nSPS) is 10.5. The second kappa shape index (κ2) is 8.02. The number of carbonyl (C=O) groups is 1. The molecule has 0 aliphatic heterocycles. The van der Waals surface area contributed by atoms with E-state index in [0.717, 1.165) is 25.8 Å². The van der Waals surface area contributed by atoms with Gasteiger partial charge in [0.05, 0.1) is 11.4 Å². The summed E-state index contributed by atoms with van der Waals surface area (Å²) in [6, 6.07) is 9.78. The predicted molar refractivity (Wildman–Crippen MR) is 102 cm³/mol. The Kier molecular flexibility index (Phi) is 6.30. The summed E-state index contributed by atoms with van der Waals surface area (Å²) in [5, 5.41) is 3.26. The van der Waals surface area contributed by atoms with Crippen LogP contribution in [0.15, 0.2) is 30.3 Å². The van der Waals surface area contributed by atoms with E-state index in [-0.39, 0.29) is 5.91 Å². The average molecular weight is 444 g/mol. The topological polar surface area (TPSA) is 38.3 Å². The van der Waals surface area contributed by atoms with Crippen molar-refractivity contribution in [3.8, 4) is 5.75 Å². The monoisotopic (exact) mass is 443 g/mol. The number of likely N-dealkylation sites (N-methyl/N-ethyl adjacent to an activating group) is 1. The van der Waals surface area contributed by atoms with Crippen LogP contribution in [0.1, 0.15) is 22.3 Å². The molecule has 0 radical (unpaired) electrons. The van der Waals surface area contributed by atoms with Gasteiger partial charge in [0.15, 0.2) is 0 Å². The Morgan fingerprint density at radius 2 is 1.96 bits per heavy atom. The number of carbonyl (C=O) groups excluding carboxylic acids is 1. The molecular formula is C18H19ClINO2. The molecule has 2 aromatic carbocycles. The third-order valence-corrected chi connectivity index (χ3v) is 5.07. The summed E-state index contributed by atoms with van der Waals surface area (Å²) >= 11 is 8.53. The van der Waals surface area contributed by atoms with Crippen molar-refractivity contribution in [3.63, 3.8) is 0 Å². The highest BCUT2D eigenvalue weighted by molar-refractivity contribution is 14.1. The summed E-state index contributed by atoms with van der Waals surface area (Å²) < 4.78 is 7.00. The number of aryl methyl sites for hydroxylation is 2. The Balaban J connectivity index is 2.23. The predicted octanol–water partition coefficient (Wildman–Crippen LogP) is 4.43. The van der Waals surface area contributed by atoms with Gasteiger partial charge in [-0.2, -0.15) is 0 Å². The molecule has 23 heavy (non-hydrogen) atoms. The summed E-state index contributed by atoms with van der Waals surface area (Å²) in [6.45, 7) is 4.43. The molecule has 1 N–H and O–H groups in total. The Morgan fingerprint density at radius 1 is 1.26 bits per heavy atom. The molecule has 3 nitrogen and oxygen atoms in total. The van der Waals surface area contributed by atoms with Gasteiger partial charge in [-0.1, -0.05) is 23.7 Å². The first kappa shape index (κ1) is 18.1. The molecule has 0 atom stereocenters. The van der Waals surface area contributed by atoms with Crippen LogP contribution in [0.4, 0.5) is 0 Å². The lowest BCUT2D eigenvalue weighted by molar-refractivity contribution is -0.119. The Morgan fingerprint density at radius 3 is 2.65 bits per heavy atom. The molecule has 0 saturated heterocycles. The maximum absolute atomic E-state index is 11.7. The quantitative estimate of drug-likeness (QED) is 0.694. The summed E-state index contributed by atoms with van der Waals surface area (Å²) in [4.78, 5) is 11.7. The highest BCUT2D eigenvalue weighted by Gasteiger charge is 2.12. The van der Waals surface area contributed by atoms with Crippen molar-refractivity contribution in [2.24, 2.45) is 0 Å². The van der Waals surface area contributed by atoms with Crippen molar-refractivity contribution in [2.75, 3.05) is 7.05 Å². The van der Waals surface area contributed by atoms with Crippen LogP contribution in [0.5, 0.6) is 5.75 Å². The highest BCUT2D eigenvalue weighted by Crippen LogP contribution is 2.29. The molecule has 1 amide bonds. The molecule has 2 rings (SSSR count). The third-order valence-electron chi connectivity index (χ3n) is 3.77. The maximum Gasteiger partial charge on any atom is 0.224 e. The minimum atomic E-state index is -0.0162. The van der Waals surface area contributed by atoms with Crippen LogP contribution in [-0.2, 0) is 17.8 Å². The van der Waals surface area contributed by atoms with Gasteiger partial charge in [-0.15, -0.1) is 0 Å². The van der Waals surface area contributed by atoms with E-state index in [0.29, 0.717) is 23.8 Å². The lowest BCUT2D eigenvalue weighted by Gasteiger charge is -2.14. The zero-order chi connectivity index (χ0) is 17.0. The van der Waals surface area contributed by atoms with Gasteiger partial charge in [0, 0.05) is 16.2 Å². The van der Waals surface area contributed by atoms with E-state index in [4.69, 9.17) is 16.3 Å². The van der Waals surface area contributed by atoms with Crippen molar-refractivity contribution >= 4 is 40.1 Å². The molecule has 0 aromatic heterocycles. The van der Waals surface area contributed by atoms with Gasteiger partial charge in [-0.05, 0) is 71.3 Å². The van der Waals surface area contributed by atoms with Crippen molar-refractivity contribution in [1.82, 2.24) is 5.32 Å².